The van der Waals surface area contributed by atoms with Gasteiger partial charge in [-0.1, -0.05) is 19.3 Å². The molecule has 1 unspecified atom stereocenters. The summed E-state index contributed by atoms with van der Waals surface area (Å²) in [6, 6.07) is -0.0854. The minimum absolute atomic E-state index is 0.0854. The SMILES string of the molecule is COC1(CS(=O)(=O)N2CCCCC2c2cnn(C)c2)CCCC1. The predicted octanol–water partition coefficient (Wildman–Crippen LogP) is 2.24. The highest BCUT2D eigenvalue weighted by Gasteiger charge is 2.43. The van der Waals surface area contributed by atoms with E-state index in [1.807, 2.05) is 13.2 Å². The monoisotopic (exact) mass is 341 g/mol. The zero-order valence-electron chi connectivity index (χ0n) is 14.1. The van der Waals surface area contributed by atoms with E-state index in [1.165, 1.54) is 0 Å². The third-order valence-corrected chi connectivity index (χ3v) is 7.36. The van der Waals surface area contributed by atoms with E-state index in [0.29, 0.717) is 6.54 Å². The first-order valence-corrected chi connectivity index (χ1v) is 10.1. The van der Waals surface area contributed by atoms with Gasteiger partial charge in [0.25, 0.3) is 0 Å². The molecule has 0 aromatic carbocycles. The fraction of sp³-hybridized carbons (Fsp3) is 0.812. The Morgan fingerprint density at radius 3 is 2.65 bits per heavy atom. The molecule has 0 spiro atoms. The molecule has 1 aliphatic heterocycles. The second kappa shape index (κ2) is 6.53. The Balaban J connectivity index is 1.84. The maximum absolute atomic E-state index is 13.1. The third-order valence-electron chi connectivity index (χ3n) is 5.31. The normalized spacial score (nSPS) is 25.7. The second-order valence-corrected chi connectivity index (χ2v) is 8.84. The number of piperidine rings is 1. The largest absolute Gasteiger partial charge is 0.377 e. The van der Waals surface area contributed by atoms with Crippen molar-refractivity contribution in [3.05, 3.63) is 18.0 Å². The van der Waals surface area contributed by atoms with Gasteiger partial charge in [-0.3, -0.25) is 4.68 Å². The highest BCUT2D eigenvalue weighted by atomic mass is 32.2. The quantitative estimate of drug-likeness (QED) is 0.824. The van der Waals surface area contributed by atoms with E-state index in [-0.39, 0.29) is 11.8 Å². The molecule has 6 nitrogen and oxygen atoms in total. The molecular formula is C16H27N3O3S. The molecule has 1 aliphatic carbocycles. The Morgan fingerprint density at radius 1 is 1.30 bits per heavy atom. The van der Waals surface area contributed by atoms with Gasteiger partial charge in [0.15, 0.2) is 0 Å². The molecule has 23 heavy (non-hydrogen) atoms. The molecule has 0 radical (unpaired) electrons. The van der Waals surface area contributed by atoms with Crippen molar-refractivity contribution in [2.45, 2.75) is 56.6 Å². The average Bonchev–Trinajstić information content (AvgIpc) is 3.17. The van der Waals surface area contributed by atoms with Gasteiger partial charge in [-0.2, -0.15) is 9.40 Å². The number of nitrogens with zero attached hydrogens (tertiary/aromatic N) is 3. The Bertz CT molecular complexity index is 635. The van der Waals surface area contributed by atoms with E-state index >= 15 is 0 Å². The number of ether oxygens (including phenoxy) is 1. The number of sulfonamides is 1. The summed E-state index contributed by atoms with van der Waals surface area (Å²) in [4.78, 5) is 0. The van der Waals surface area contributed by atoms with Gasteiger partial charge in [0.1, 0.15) is 0 Å². The smallest absolute Gasteiger partial charge is 0.217 e. The molecule has 2 fully saturated rings. The van der Waals surface area contributed by atoms with Crippen LogP contribution < -0.4 is 0 Å². The predicted molar refractivity (Wildman–Crippen MR) is 88.5 cm³/mol. The molecule has 7 heteroatoms. The average molecular weight is 341 g/mol. The summed E-state index contributed by atoms with van der Waals surface area (Å²) in [5.41, 5.74) is 0.504. The first kappa shape index (κ1) is 16.9. The van der Waals surface area contributed by atoms with Crippen molar-refractivity contribution < 1.29 is 13.2 Å². The number of hydrogen-bond acceptors (Lipinski definition) is 4. The Morgan fingerprint density at radius 2 is 2.04 bits per heavy atom. The van der Waals surface area contributed by atoms with E-state index in [2.05, 4.69) is 5.10 Å². The summed E-state index contributed by atoms with van der Waals surface area (Å²) < 4.78 is 35.3. The molecular weight excluding hydrogens is 314 g/mol. The summed E-state index contributed by atoms with van der Waals surface area (Å²) in [7, 11) is 0.159. The lowest BCUT2D eigenvalue weighted by Crippen LogP contribution is -2.46. The summed E-state index contributed by atoms with van der Waals surface area (Å²) in [6.45, 7) is 0.599. The summed E-state index contributed by atoms with van der Waals surface area (Å²) in [6.07, 6.45) is 10.4. The van der Waals surface area contributed by atoms with Crippen molar-refractivity contribution in [1.82, 2.24) is 14.1 Å². The maximum atomic E-state index is 13.1. The van der Waals surface area contributed by atoms with E-state index < -0.39 is 15.6 Å². The zero-order chi connectivity index (χ0) is 16.5. The van der Waals surface area contributed by atoms with Crippen molar-refractivity contribution >= 4 is 10.0 Å². The first-order valence-electron chi connectivity index (χ1n) is 8.49. The van der Waals surface area contributed by atoms with Gasteiger partial charge in [-0.15, -0.1) is 0 Å². The van der Waals surface area contributed by atoms with E-state index in [4.69, 9.17) is 4.74 Å². The number of aromatic nitrogens is 2. The van der Waals surface area contributed by atoms with Gasteiger partial charge in [0.05, 0.1) is 23.6 Å². The number of aryl methyl sites for hydroxylation is 1. The number of rotatable bonds is 5. The number of methoxy groups -OCH3 is 1. The van der Waals surface area contributed by atoms with Gasteiger partial charge < -0.3 is 4.74 Å². The molecule has 1 saturated carbocycles. The molecule has 0 N–H and O–H groups in total. The lowest BCUT2D eigenvalue weighted by Gasteiger charge is -2.37. The van der Waals surface area contributed by atoms with Crippen molar-refractivity contribution in [3.8, 4) is 0 Å². The van der Waals surface area contributed by atoms with E-state index in [9.17, 15) is 8.42 Å². The fourth-order valence-electron chi connectivity index (χ4n) is 4.03. The summed E-state index contributed by atoms with van der Waals surface area (Å²) in [5.74, 6) is 0.104. The van der Waals surface area contributed by atoms with Gasteiger partial charge >= 0.3 is 0 Å². The summed E-state index contributed by atoms with van der Waals surface area (Å²) in [5, 5.41) is 4.21. The van der Waals surface area contributed by atoms with Crippen molar-refractivity contribution in [3.63, 3.8) is 0 Å². The van der Waals surface area contributed by atoms with Crippen LogP contribution in [0.25, 0.3) is 0 Å². The lowest BCUT2D eigenvalue weighted by molar-refractivity contribution is 0.0143. The van der Waals surface area contributed by atoms with Crippen LogP contribution in [0.5, 0.6) is 0 Å². The van der Waals surface area contributed by atoms with E-state index in [0.717, 1.165) is 50.5 Å². The molecule has 0 amide bonds. The van der Waals surface area contributed by atoms with Crippen LogP contribution in [0.2, 0.25) is 0 Å². The van der Waals surface area contributed by atoms with Crippen LogP contribution in [0.4, 0.5) is 0 Å². The maximum Gasteiger partial charge on any atom is 0.217 e. The van der Waals surface area contributed by atoms with Crippen LogP contribution in [0.1, 0.15) is 56.6 Å². The Kier molecular flexibility index (Phi) is 4.80. The molecule has 1 aromatic rings. The van der Waals surface area contributed by atoms with Crippen molar-refractivity contribution in [2.75, 3.05) is 19.4 Å². The first-order chi connectivity index (χ1) is 11.0. The molecule has 1 atom stereocenters. The molecule has 3 rings (SSSR count). The Labute approximate surface area is 138 Å². The number of hydrogen-bond donors (Lipinski definition) is 0. The van der Waals surface area contributed by atoms with Crippen LogP contribution in [0.3, 0.4) is 0 Å². The summed E-state index contributed by atoms with van der Waals surface area (Å²) >= 11 is 0. The molecule has 1 saturated heterocycles. The van der Waals surface area contributed by atoms with Crippen LogP contribution in [-0.4, -0.2) is 47.5 Å². The third kappa shape index (κ3) is 3.46. The van der Waals surface area contributed by atoms with Crippen molar-refractivity contribution in [1.29, 1.82) is 0 Å². The van der Waals surface area contributed by atoms with Crippen LogP contribution in [-0.2, 0) is 21.8 Å². The minimum atomic E-state index is -3.35. The molecule has 2 heterocycles. The van der Waals surface area contributed by atoms with Crippen LogP contribution in [0.15, 0.2) is 12.4 Å². The van der Waals surface area contributed by atoms with Gasteiger partial charge in [-0.05, 0) is 25.7 Å². The van der Waals surface area contributed by atoms with Crippen LogP contribution >= 0.6 is 0 Å². The second-order valence-electron chi connectivity index (χ2n) is 6.92. The molecule has 1 aromatic heterocycles. The molecule has 130 valence electrons. The topological polar surface area (TPSA) is 64.4 Å². The van der Waals surface area contributed by atoms with Crippen molar-refractivity contribution in [2.24, 2.45) is 7.05 Å². The molecule has 0 bridgehead atoms. The van der Waals surface area contributed by atoms with Gasteiger partial charge in [0.2, 0.25) is 10.0 Å². The van der Waals surface area contributed by atoms with Gasteiger partial charge in [-0.25, -0.2) is 8.42 Å². The Hall–Kier alpha value is -0.920. The molecule has 2 aliphatic rings. The highest BCUT2D eigenvalue weighted by molar-refractivity contribution is 7.89. The zero-order valence-corrected chi connectivity index (χ0v) is 14.9. The standard InChI is InChI=1S/C16H27N3O3S/c1-18-12-14(11-17-18)15-7-3-6-10-19(15)23(20,21)13-16(22-2)8-4-5-9-16/h11-12,15H,3-10,13H2,1-2H3. The van der Waals surface area contributed by atoms with E-state index in [1.54, 1.807) is 22.3 Å². The highest BCUT2D eigenvalue weighted by Crippen LogP contribution is 2.38. The fourth-order valence-corrected chi connectivity index (χ4v) is 6.28. The van der Waals surface area contributed by atoms with Gasteiger partial charge in [0, 0.05) is 32.5 Å². The lowest BCUT2D eigenvalue weighted by atomic mass is 10.0. The van der Waals surface area contributed by atoms with Crippen LogP contribution in [0, 0.1) is 0 Å². The minimum Gasteiger partial charge on any atom is -0.377 e.